The average molecular weight is 305 g/mol. The fraction of sp³-hybridized carbons (Fsp3) is 0.846. The Labute approximate surface area is 120 Å². The Morgan fingerprint density at radius 1 is 1.15 bits per heavy atom. The molecule has 0 saturated carbocycles. The molecule has 0 radical (unpaired) electrons. The first-order valence-electron chi connectivity index (χ1n) is 6.89. The van der Waals surface area contributed by atoms with E-state index in [1.165, 1.54) is 21.0 Å². The van der Waals surface area contributed by atoms with Crippen LogP contribution < -0.4 is 0 Å². The van der Waals surface area contributed by atoms with E-state index in [2.05, 4.69) is 4.74 Å². The van der Waals surface area contributed by atoms with Crippen LogP contribution in [0.4, 0.5) is 0 Å². The predicted molar refractivity (Wildman–Crippen MR) is 74.9 cm³/mol. The van der Waals surface area contributed by atoms with Gasteiger partial charge in [0.25, 0.3) is 0 Å². The maximum absolute atomic E-state index is 12.3. The van der Waals surface area contributed by atoms with Gasteiger partial charge in [-0.25, -0.2) is 8.42 Å². The van der Waals surface area contributed by atoms with Crippen LogP contribution in [-0.4, -0.2) is 55.9 Å². The van der Waals surface area contributed by atoms with Gasteiger partial charge in [0.15, 0.2) is 9.84 Å². The van der Waals surface area contributed by atoms with Crippen LogP contribution in [0.15, 0.2) is 0 Å². The van der Waals surface area contributed by atoms with Crippen molar-refractivity contribution in [3.05, 3.63) is 0 Å². The third-order valence-electron chi connectivity index (χ3n) is 3.75. The first-order chi connectivity index (χ1) is 9.30. The lowest BCUT2D eigenvalue weighted by molar-refractivity contribution is -0.140. The molecule has 0 spiro atoms. The molecule has 1 rings (SSSR count). The molecule has 0 aromatic carbocycles. The molecule has 0 N–H and O–H groups in total. The first kappa shape index (κ1) is 16.9. The average Bonchev–Trinajstić information content (AvgIpc) is 2.46. The number of ether oxygens (including phenoxy) is 1. The van der Waals surface area contributed by atoms with Crippen molar-refractivity contribution in [3.8, 4) is 0 Å². The number of hydrogen-bond donors (Lipinski definition) is 0. The molecule has 1 aliphatic rings. The summed E-state index contributed by atoms with van der Waals surface area (Å²) >= 11 is 0. The fourth-order valence-electron chi connectivity index (χ4n) is 2.29. The molecule has 2 unspecified atom stereocenters. The van der Waals surface area contributed by atoms with Gasteiger partial charge in [-0.15, -0.1) is 0 Å². The third-order valence-corrected chi connectivity index (χ3v) is 6.23. The lowest BCUT2D eigenvalue weighted by atomic mass is 10.1. The Kier molecular flexibility index (Phi) is 5.98. The molecule has 1 heterocycles. The molecule has 0 aliphatic carbocycles. The van der Waals surface area contributed by atoms with Crippen LogP contribution in [0.5, 0.6) is 0 Å². The van der Waals surface area contributed by atoms with Gasteiger partial charge >= 0.3 is 5.97 Å². The molecular weight excluding hydrogens is 282 g/mol. The smallest absolute Gasteiger partial charge is 0.306 e. The van der Waals surface area contributed by atoms with Gasteiger partial charge < -0.3 is 9.64 Å². The van der Waals surface area contributed by atoms with Crippen molar-refractivity contribution in [2.24, 2.45) is 0 Å². The van der Waals surface area contributed by atoms with Gasteiger partial charge in [-0.05, 0) is 33.1 Å². The van der Waals surface area contributed by atoms with E-state index in [1.54, 1.807) is 4.90 Å². The van der Waals surface area contributed by atoms with Crippen LogP contribution in [0.25, 0.3) is 0 Å². The fourth-order valence-corrected chi connectivity index (χ4v) is 3.79. The van der Waals surface area contributed by atoms with E-state index < -0.39 is 26.3 Å². The van der Waals surface area contributed by atoms with Crippen LogP contribution >= 0.6 is 0 Å². The highest BCUT2D eigenvalue weighted by atomic mass is 32.2. The Morgan fingerprint density at radius 2 is 1.70 bits per heavy atom. The van der Waals surface area contributed by atoms with Gasteiger partial charge in [0, 0.05) is 13.1 Å². The minimum atomic E-state index is -3.68. The Bertz CT molecular complexity index is 453. The summed E-state index contributed by atoms with van der Waals surface area (Å²) in [6, 6.07) is 0. The van der Waals surface area contributed by atoms with E-state index in [-0.39, 0.29) is 12.3 Å². The van der Waals surface area contributed by atoms with Crippen LogP contribution in [0.1, 0.15) is 39.5 Å². The van der Waals surface area contributed by atoms with E-state index in [4.69, 9.17) is 0 Å². The van der Waals surface area contributed by atoms with Crippen LogP contribution in [0, 0.1) is 0 Å². The monoisotopic (exact) mass is 305 g/mol. The molecule has 20 heavy (non-hydrogen) atoms. The molecule has 1 aliphatic heterocycles. The van der Waals surface area contributed by atoms with Gasteiger partial charge in [-0.1, -0.05) is 0 Å². The van der Waals surface area contributed by atoms with Gasteiger partial charge in [-0.2, -0.15) is 0 Å². The van der Waals surface area contributed by atoms with Gasteiger partial charge in [0.1, 0.15) is 5.25 Å². The quantitative estimate of drug-likeness (QED) is 0.700. The van der Waals surface area contributed by atoms with Crippen molar-refractivity contribution in [2.75, 3.05) is 20.2 Å². The van der Waals surface area contributed by atoms with Crippen molar-refractivity contribution in [1.82, 2.24) is 4.90 Å². The molecule has 1 saturated heterocycles. The van der Waals surface area contributed by atoms with E-state index in [1.807, 2.05) is 0 Å². The van der Waals surface area contributed by atoms with Gasteiger partial charge in [0.05, 0.1) is 18.8 Å². The molecule has 0 bridgehead atoms. The molecule has 1 amide bonds. The molecular formula is C13H23NO5S. The lowest BCUT2D eigenvalue weighted by Gasteiger charge is -2.29. The summed E-state index contributed by atoms with van der Waals surface area (Å²) in [5.74, 6) is -0.944. The third kappa shape index (κ3) is 3.94. The van der Waals surface area contributed by atoms with Gasteiger partial charge in [-0.3, -0.25) is 9.59 Å². The molecule has 0 aromatic rings. The zero-order chi connectivity index (χ0) is 15.3. The van der Waals surface area contributed by atoms with Crippen LogP contribution in [0.2, 0.25) is 0 Å². The number of esters is 1. The Balaban J connectivity index is 2.74. The van der Waals surface area contributed by atoms with Crippen LogP contribution in [0.3, 0.4) is 0 Å². The topological polar surface area (TPSA) is 80.8 Å². The number of amides is 1. The van der Waals surface area contributed by atoms with Crippen molar-refractivity contribution >= 4 is 21.7 Å². The second-order valence-corrected chi connectivity index (χ2v) is 7.90. The lowest BCUT2D eigenvalue weighted by Crippen LogP contribution is -2.46. The first-order valence-corrected chi connectivity index (χ1v) is 8.50. The van der Waals surface area contributed by atoms with Crippen molar-refractivity contribution in [2.45, 2.75) is 50.0 Å². The highest BCUT2D eigenvalue weighted by Crippen LogP contribution is 2.18. The predicted octanol–water partition coefficient (Wildman–Crippen LogP) is 0.754. The highest BCUT2D eigenvalue weighted by Gasteiger charge is 2.36. The standard InChI is InChI=1S/C13H23NO5S/c1-10(9-12(15)19-3)20(17,18)11(2)13(16)14-7-5-4-6-8-14/h10-11H,4-9H2,1-3H3. The number of piperidine rings is 1. The maximum Gasteiger partial charge on any atom is 0.306 e. The SMILES string of the molecule is COC(=O)CC(C)S(=O)(=O)C(C)C(=O)N1CCCCC1. The second-order valence-electron chi connectivity index (χ2n) is 5.21. The summed E-state index contributed by atoms with van der Waals surface area (Å²) in [6.45, 7) is 4.07. The minimum absolute atomic E-state index is 0.226. The molecule has 2 atom stereocenters. The Morgan fingerprint density at radius 3 is 2.20 bits per heavy atom. The summed E-state index contributed by atoms with van der Waals surface area (Å²) < 4.78 is 29.1. The van der Waals surface area contributed by atoms with E-state index >= 15 is 0 Å². The number of hydrogen-bond acceptors (Lipinski definition) is 5. The van der Waals surface area contributed by atoms with E-state index in [0.29, 0.717) is 13.1 Å². The molecule has 116 valence electrons. The summed E-state index contributed by atoms with van der Waals surface area (Å²) in [5, 5.41) is -2.03. The largest absolute Gasteiger partial charge is 0.469 e. The van der Waals surface area contributed by atoms with Crippen LogP contribution in [-0.2, 0) is 24.2 Å². The molecule has 6 nitrogen and oxygen atoms in total. The van der Waals surface area contributed by atoms with Crippen molar-refractivity contribution in [3.63, 3.8) is 0 Å². The highest BCUT2D eigenvalue weighted by molar-refractivity contribution is 7.93. The van der Waals surface area contributed by atoms with Crippen molar-refractivity contribution < 1.29 is 22.7 Å². The second kappa shape index (κ2) is 7.06. The number of sulfone groups is 1. The number of carbonyl (C=O) groups excluding carboxylic acids is 2. The maximum atomic E-state index is 12.3. The number of carbonyl (C=O) groups is 2. The molecule has 7 heteroatoms. The number of likely N-dealkylation sites (tertiary alicyclic amines) is 1. The summed E-state index contributed by atoms with van der Waals surface area (Å²) in [7, 11) is -2.47. The van der Waals surface area contributed by atoms with E-state index in [9.17, 15) is 18.0 Å². The summed E-state index contributed by atoms with van der Waals surface area (Å²) in [6.07, 6.45) is 2.67. The molecule has 1 fully saturated rings. The normalized spacial score (nSPS) is 19.2. The van der Waals surface area contributed by atoms with Gasteiger partial charge in [0.2, 0.25) is 5.91 Å². The zero-order valence-corrected chi connectivity index (χ0v) is 13.1. The number of methoxy groups -OCH3 is 1. The zero-order valence-electron chi connectivity index (χ0n) is 12.3. The number of nitrogens with zero attached hydrogens (tertiary/aromatic N) is 1. The number of rotatable bonds is 5. The van der Waals surface area contributed by atoms with E-state index in [0.717, 1.165) is 19.3 Å². The Hall–Kier alpha value is -1.11. The summed E-state index contributed by atoms with van der Waals surface area (Å²) in [4.78, 5) is 25.0. The van der Waals surface area contributed by atoms with Crippen molar-refractivity contribution in [1.29, 1.82) is 0 Å². The molecule has 0 aromatic heterocycles. The minimum Gasteiger partial charge on any atom is -0.469 e. The summed E-state index contributed by atoms with van der Waals surface area (Å²) in [5.41, 5.74) is 0.